The number of ether oxygens (including phenoxy) is 1. The first-order valence-electron chi connectivity index (χ1n) is 11.6. The molecule has 0 radical (unpaired) electrons. The second kappa shape index (κ2) is 8.64. The molecule has 2 aromatic heterocycles. The number of allylic oxidation sites excluding steroid dienone is 1. The molecular weight excluding hydrogens is 386 g/mol. The Balaban J connectivity index is 1.53. The van der Waals surface area contributed by atoms with Crippen LogP contribution in [0.5, 0.6) is 0 Å². The van der Waals surface area contributed by atoms with E-state index in [1.807, 2.05) is 24.5 Å². The van der Waals surface area contributed by atoms with E-state index in [1.54, 1.807) is 0 Å². The molecule has 4 nitrogen and oxygen atoms in total. The van der Waals surface area contributed by atoms with E-state index in [0.717, 1.165) is 57.3 Å². The second-order valence-corrected chi connectivity index (χ2v) is 10.0. The fraction of sp³-hybridized carbons (Fsp3) is 0.556. The van der Waals surface area contributed by atoms with Crippen molar-refractivity contribution in [1.82, 2.24) is 0 Å². The van der Waals surface area contributed by atoms with Gasteiger partial charge in [-0.15, -0.1) is 0 Å². The summed E-state index contributed by atoms with van der Waals surface area (Å²) in [6.07, 6.45) is 13.2. The standard InChI is InChI=1S/C27H36NO3/c1-20-9-12-24-26(2,14-8-15-27(24,3)25(29)30-4)22(20)11-10-21-13-18-31-23(21)19-28-16-6-5-7-17-28/h5-7,13,16-18,22,24H,1,8-12,14-15,19H2,2-4H3/q+1/t22-,24+,26-,27-/m1/s1. The Labute approximate surface area is 186 Å². The van der Waals surface area contributed by atoms with Crippen LogP contribution in [0.3, 0.4) is 0 Å². The average Bonchev–Trinajstić information content (AvgIpc) is 3.20. The number of nitrogens with zero attached hydrogens (tertiary/aromatic N) is 1. The first kappa shape index (κ1) is 21.9. The number of hydrogen-bond donors (Lipinski definition) is 0. The molecule has 166 valence electrons. The van der Waals surface area contributed by atoms with E-state index in [9.17, 15) is 4.79 Å². The number of esters is 1. The van der Waals surface area contributed by atoms with Gasteiger partial charge < -0.3 is 9.15 Å². The zero-order valence-electron chi connectivity index (χ0n) is 19.2. The minimum absolute atomic E-state index is 0.0355. The average molecular weight is 423 g/mol. The van der Waals surface area contributed by atoms with Crippen molar-refractivity contribution in [3.05, 3.63) is 66.4 Å². The van der Waals surface area contributed by atoms with E-state index in [4.69, 9.17) is 9.15 Å². The molecule has 4 heteroatoms. The summed E-state index contributed by atoms with van der Waals surface area (Å²) < 4.78 is 13.2. The number of aromatic nitrogens is 1. The molecule has 4 atom stereocenters. The first-order valence-corrected chi connectivity index (χ1v) is 11.6. The van der Waals surface area contributed by atoms with Gasteiger partial charge in [-0.3, -0.25) is 4.79 Å². The highest BCUT2D eigenvalue weighted by atomic mass is 16.5. The number of pyridine rings is 1. The molecule has 0 N–H and O–H groups in total. The Morgan fingerprint density at radius 3 is 2.77 bits per heavy atom. The fourth-order valence-corrected chi connectivity index (χ4v) is 6.69. The van der Waals surface area contributed by atoms with Gasteiger partial charge in [0.05, 0.1) is 18.8 Å². The van der Waals surface area contributed by atoms with Gasteiger partial charge in [-0.05, 0) is 68.8 Å². The Bertz CT molecular complexity index is 933. The maximum absolute atomic E-state index is 12.8. The van der Waals surface area contributed by atoms with Gasteiger partial charge in [0.25, 0.3) is 0 Å². The van der Waals surface area contributed by atoms with Gasteiger partial charge in [0, 0.05) is 17.7 Å². The number of carbonyl (C=O) groups is 1. The Hall–Kier alpha value is -2.36. The molecule has 0 aromatic carbocycles. The Morgan fingerprint density at radius 1 is 1.26 bits per heavy atom. The molecule has 0 spiro atoms. The van der Waals surface area contributed by atoms with E-state index >= 15 is 0 Å². The molecule has 2 saturated carbocycles. The van der Waals surface area contributed by atoms with Gasteiger partial charge in [-0.1, -0.05) is 31.6 Å². The van der Waals surface area contributed by atoms with E-state index in [1.165, 1.54) is 18.2 Å². The SMILES string of the molecule is C=C1CC[C@H]2[C@](C)(CCC[C@@]2(C)C(=O)OC)[C@@H]1CCc1ccoc1C[n+]1ccccc1. The van der Waals surface area contributed by atoms with Crippen molar-refractivity contribution in [3.8, 4) is 0 Å². The molecule has 2 heterocycles. The van der Waals surface area contributed by atoms with Crippen molar-refractivity contribution in [1.29, 1.82) is 0 Å². The fourth-order valence-electron chi connectivity index (χ4n) is 6.69. The molecule has 0 bridgehead atoms. The lowest BCUT2D eigenvalue weighted by Gasteiger charge is -2.57. The van der Waals surface area contributed by atoms with Crippen molar-refractivity contribution in [2.75, 3.05) is 7.11 Å². The third-order valence-corrected chi connectivity index (χ3v) is 8.31. The Kier molecular flexibility index (Phi) is 6.09. The van der Waals surface area contributed by atoms with Gasteiger partial charge in [-0.25, -0.2) is 0 Å². The lowest BCUT2D eigenvalue weighted by Crippen LogP contribution is -2.53. The molecular formula is C27H36NO3+. The molecule has 2 aliphatic carbocycles. The van der Waals surface area contributed by atoms with Crippen LogP contribution in [0.25, 0.3) is 0 Å². The summed E-state index contributed by atoms with van der Waals surface area (Å²) in [6, 6.07) is 8.22. The second-order valence-electron chi connectivity index (χ2n) is 10.0. The highest BCUT2D eigenvalue weighted by molar-refractivity contribution is 5.77. The predicted molar refractivity (Wildman–Crippen MR) is 120 cm³/mol. The molecule has 0 amide bonds. The van der Waals surface area contributed by atoms with Crippen LogP contribution < -0.4 is 4.57 Å². The maximum atomic E-state index is 12.8. The van der Waals surface area contributed by atoms with Crippen molar-refractivity contribution in [2.24, 2.45) is 22.7 Å². The van der Waals surface area contributed by atoms with E-state index in [0.29, 0.717) is 11.8 Å². The summed E-state index contributed by atoms with van der Waals surface area (Å²) in [5.74, 6) is 1.76. The highest BCUT2D eigenvalue weighted by Crippen LogP contribution is 2.62. The van der Waals surface area contributed by atoms with Gasteiger partial charge in [-0.2, -0.15) is 4.57 Å². The molecule has 2 aliphatic rings. The number of fused-ring (bicyclic) bond motifs is 1. The summed E-state index contributed by atoms with van der Waals surface area (Å²) in [7, 11) is 1.53. The summed E-state index contributed by atoms with van der Waals surface area (Å²) >= 11 is 0. The minimum atomic E-state index is -0.383. The molecule has 0 unspecified atom stereocenters. The van der Waals surface area contributed by atoms with Crippen LogP contribution in [-0.4, -0.2) is 13.1 Å². The van der Waals surface area contributed by atoms with Crippen molar-refractivity contribution in [3.63, 3.8) is 0 Å². The van der Waals surface area contributed by atoms with Crippen LogP contribution in [0.15, 0.2) is 59.5 Å². The van der Waals surface area contributed by atoms with Gasteiger partial charge >= 0.3 is 5.97 Å². The number of rotatable bonds is 6. The van der Waals surface area contributed by atoms with E-state index in [2.05, 4.69) is 43.5 Å². The molecule has 2 fully saturated rings. The first-order chi connectivity index (χ1) is 14.9. The third kappa shape index (κ3) is 3.97. The van der Waals surface area contributed by atoms with Crippen LogP contribution >= 0.6 is 0 Å². The zero-order chi connectivity index (χ0) is 22.1. The Morgan fingerprint density at radius 2 is 2.03 bits per heavy atom. The lowest BCUT2D eigenvalue weighted by atomic mass is 9.46. The number of aryl methyl sites for hydroxylation is 1. The smallest absolute Gasteiger partial charge is 0.311 e. The normalized spacial score (nSPS) is 30.6. The number of methoxy groups -OCH3 is 1. The van der Waals surface area contributed by atoms with Gasteiger partial charge in [0.1, 0.15) is 0 Å². The van der Waals surface area contributed by atoms with Gasteiger partial charge in [0.15, 0.2) is 18.2 Å². The number of furan rings is 1. The van der Waals surface area contributed by atoms with Crippen molar-refractivity contribution >= 4 is 5.97 Å². The summed E-state index contributed by atoms with van der Waals surface area (Å²) in [6.45, 7) is 9.78. The summed E-state index contributed by atoms with van der Waals surface area (Å²) in [4.78, 5) is 12.8. The van der Waals surface area contributed by atoms with Crippen LogP contribution in [0.2, 0.25) is 0 Å². The van der Waals surface area contributed by atoms with Crippen LogP contribution in [-0.2, 0) is 22.5 Å². The number of carbonyl (C=O) groups excluding carboxylic acids is 1. The van der Waals surface area contributed by atoms with Gasteiger partial charge in [0.2, 0.25) is 6.54 Å². The monoisotopic (exact) mass is 422 g/mol. The lowest BCUT2D eigenvalue weighted by molar-refractivity contribution is -0.690. The van der Waals surface area contributed by atoms with E-state index < -0.39 is 0 Å². The molecule has 31 heavy (non-hydrogen) atoms. The molecule has 2 aromatic rings. The topological polar surface area (TPSA) is 43.3 Å². The zero-order valence-corrected chi connectivity index (χ0v) is 19.2. The minimum Gasteiger partial charge on any atom is -0.469 e. The summed E-state index contributed by atoms with van der Waals surface area (Å²) in [5.41, 5.74) is 2.34. The highest BCUT2D eigenvalue weighted by Gasteiger charge is 2.57. The van der Waals surface area contributed by atoms with Crippen molar-refractivity contribution in [2.45, 2.75) is 65.3 Å². The largest absolute Gasteiger partial charge is 0.469 e. The van der Waals surface area contributed by atoms with Crippen LogP contribution in [0.1, 0.15) is 63.7 Å². The maximum Gasteiger partial charge on any atom is 0.311 e. The molecule has 0 aliphatic heterocycles. The van der Waals surface area contributed by atoms with E-state index in [-0.39, 0.29) is 16.8 Å². The third-order valence-electron chi connectivity index (χ3n) is 8.31. The summed E-state index contributed by atoms with van der Waals surface area (Å²) in [5, 5.41) is 0. The van der Waals surface area contributed by atoms with Crippen LogP contribution in [0.4, 0.5) is 0 Å². The van der Waals surface area contributed by atoms with Crippen LogP contribution in [0, 0.1) is 22.7 Å². The van der Waals surface area contributed by atoms with Crippen molar-refractivity contribution < 1.29 is 18.5 Å². The predicted octanol–water partition coefficient (Wildman–Crippen LogP) is 5.50. The molecule has 4 rings (SSSR count). The molecule has 0 saturated heterocycles. The quantitative estimate of drug-likeness (QED) is 0.351. The number of hydrogen-bond acceptors (Lipinski definition) is 3.